The quantitative estimate of drug-likeness (QED) is 0.555. The van der Waals surface area contributed by atoms with E-state index >= 15 is 0 Å². The maximum Gasteiger partial charge on any atom is 0.0132 e. The minimum Gasteiger partial charge on any atom is -0.293 e. The molecule has 1 aliphatic carbocycles. The predicted molar refractivity (Wildman–Crippen MR) is 56.8 cm³/mol. The number of rotatable bonds is 0. The lowest BCUT2D eigenvalue weighted by Crippen LogP contribution is -2.48. The van der Waals surface area contributed by atoms with Gasteiger partial charge in [0.25, 0.3) is 0 Å². The molecule has 76 valence electrons. The van der Waals surface area contributed by atoms with Crippen LogP contribution in [0.15, 0.2) is 0 Å². The van der Waals surface area contributed by atoms with E-state index in [0.29, 0.717) is 5.54 Å². The van der Waals surface area contributed by atoms with Crippen molar-refractivity contribution in [2.75, 3.05) is 0 Å². The maximum absolute atomic E-state index is 2.77. The van der Waals surface area contributed by atoms with Crippen molar-refractivity contribution in [2.24, 2.45) is 5.92 Å². The lowest BCUT2D eigenvalue weighted by atomic mass is 10.0. The van der Waals surface area contributed by atoms with E-state index in [-0.39, 0.29) is 0 Å². The molecule has 0 aromatic heterocycles. The van der Waals surface area contributed by atoms with Gasteiger partial charge in [0, 0.05) is 17.6 Å². The Bertz CT molecular complexity index is 192. The van der Waals surface area contributed by atoms with Crippen molar-refractivity contribution in [1.82, 2.24) is 4.90 Å². The monoisotopic (exact) mass is 181 g/mol. The molecule has 0 N–H and O–H groups in total. The maximum atomic E-state index is 2.77. The minimum absolute atomic E-state index is 0.378. The summed E-state index contributed by atoms with van der Waals surface area (Å²) in [6.07, 6.45) is 5.85. The second kappa shape index (κ2) is 2.98. The van der Waals surface area contributed by atoms with Crippen molar-refractivity contribution >= 4 is 0 Å². The topological polar surface area (TPSA) is 3.24 Å². The van der Waals surface area contributed by atoms with Gasteiger partial charge in [0.2, 0.25) is 0 Å². The van der Waals surface area contributed by atoms with E-state index in [9.17, 15) is 0 Å². The Labute approximate surface area is 82.5 Å². The summed E-state index contributed by atoms with van der Waals surface area (Å²) >= 11 is 0. The highest BCUT2D eigenvalue weighted by molar-refractivity contribution is 5.00. The van der Waals surface area contributed by atoms with Crippen molar-refractivity contribution in [1.29, 1.82) is 0 Å². The van der Waals surface area contributed by atoms with Crippen LogP contribution in [0.2, 0.25) is 0 Å². The summed E-state index contributed by atoms with van der Waals surface area (Å²) in [5.41, 5.74) is 0.378. The molecule has 0 aromatic carbocycles. The van der Waals surface area contributed by atoms with Crippen LogP contribution in [0.1, 0.15) is 53.4 Å². The third-order valence-electron chi connectivity index (χ3n) is 3.87. The Morgan fingerprint density at radius 3 is 2.46 bits per heavy atom. The van der Waals surface area contributed by atoms with Crippen LogP contribution in [0.5, 0.6) is 0 Å². The van der Waals surface area contributed by atoms with Crippen LogP contribution in [0, 0.1) is 5.92 Å². The molecule has 13 heavy (non-hydrogen) atoms. The third kappa shape index (κ3) is 1.52. The van der Waals surface area contributed by atoms with Gasteiger partial charge in [0.05, 0.1) is 0 Å². The van der Waals surface area contributed by atoms with Gasteiger partial charge in [0.15, 0.2) is 0 Å². The minimum atomic E-state index is 0.378. The molecule has 0 bridgehead atoms. The number of likely N-dealkylation sites (tertiary alicyclic amines) is 1. The molecule has 0 spiro atoms. The van der Waals surface area contributed by atoms with Crippen LogP contribution in [0.4, 0.5) is 0 Å². The van der Waals surface area contributed by atoms with Crippen LogP contribution in [0.25, 0.3) is 0 Å². The number of hydrogen-bond donors (Lipinski definition) is 0. The van der Waals surface area contributed by atoms with Gasteiger partial charge in [-0.2, -0.15) is 0 Å². The van der Waals surface area contributed by atoms with Crippen molar-refractivity contribution in [3.05, 3.63) is 0 Å². The first-order valence-electron chi connectivity index (χ1n) is 5.78. The van der Waals surface area contributed by atoms with Gasteiger partial charge in [0.1, 0.15) is 0 Å². The first kappa shape index (κ1) is 9.51. The lowest BCUT2D eigenvalue weighted by Gasteiger charge is -2.40. The van der Waals surface area contributed by atoms with Crippen LogP contribution < -0.4 is 0 Å². The first-order chi connectivity index (χ1) is 6.00. The molecule has 0 amide bonds. The molecule has 3 atom stereocenters. The van der Waals surface area contributed by atoms with E-state index in [4.69, 9.17) is 0 Å². The third-order valence-corrected chi connectivity index (χ3v) is 3.87. The Hall–Kier alpha value is -0.0400. The zero-order chi connectivity index (χ0) is 9.64. The molecular weight excluding hydrogens is 158 g/mol. The zero-order valence-corrected chi connectivity index (χ0v) is 9.51. The van der Waals surface area contributed by atoms with Gasteiger partial charge in [-0.05, 0) is 52.9 Å². The summed E-state index contributed by atoms with van der Waals surface area (Å²) in [5.74, 6) is 1.02. The summed E-state index contributed by atoms with van der Waals surface area (Å²) < 4.78 is 0. The fourth-order valence-corrected chi connectivity index (χ4v) is 3.70. The van der Waals surface area contributed by atoms with Crippen LogP contribution in [-0.4, -0.2) is 22.5 Å². The van der Waals surface area contributed by atoms with E-state index in [1.807, 2.05) is 0 Å². The zero-order valence-electron chi connectivity index (χ0n) is 9.51. The van der Waals surface area contributed by atoms with Crippen LogP contribution >= 0.6 is 0 Å². The van der Waals surface area contributed by atoms with Crippen molar-refractivity contribution < 1.29 is 0 Å². The highest BCUT2D eigenvalue weighted by Gasteiger charge is 2.45. The molecule has 0 aromatic rings. The standard InChI is InChI=1S/C12H23N/c1-9-8-10-6-5-7-11(10)13(9)12(2,3)4/h9-11H,5-8H2,1-4H3. The summed E-state index contributed by atoms with van der Waals surface area (Å²) in [5, 5.41) is 0. The second-order valence-electron chi connectivity index (χ2n) is 5.92. The summed E-state index contributed by atoms with van der Waals surface area (Å²) in [6, 6.07) is 1.73. The molecule has 2 aliphatic rings. The van der Waals surface area contributed by atoms with E-state index in [1.54, 1.807) is 0 Å². The molecule has 3 unspecified atom stereocenters. The average Bonchev–Trinajstić information content (AvgIpc) is 2.41. The highest BCUT2D eigenvalue weighted by atomic mass is 15.3. The Kier molecular flexibility index (Phi) is 2.18. The molecule has 0 radical (unpaired) electrons. The van der Waals surface area contributed by atoms with E-state index in [2.05, 4.69) is 32.6 Å². The van der Waals surface area contributed by atoms with Gasteiger partial charge in [-0.1, -0.05) is 6.42 Å². The van der Waals surface area contributed by atoms with Crippen LogP contribution in [0.3, 0.4) is 0 Å². The fourth-order valence-electron chi connectivity index (χ4n) is 3.70. The Morgan fingerprint density at radius 1 is 1.15 bits per heavy atom. The van der Waals surface area contributed by atoms with Crippen molar-refractivity contribution in [2.45, 2.75) is 71.0 Å². The molecule has 1 nitrogen and oxygen atoms in total. The van der Waals surface area contributed by atoms with Crippen molar-refractivity contribution in [3.63, 3.8) is 0 Å². The normalized spacial score (nSPS) is 41.1. The molecule has 1 saturated heterocycles. The van der Waals surface area contributed by atoms with Crippen LogP contribution in [-0.2, 0) is 0 Å². The molecule has 1 heteroatoms. The highest BCUT2D eigenvalue weighted by Crippen LogP contribution is 2.44. The van der Waals surface area contributed by atoms with E-state index < -0.39 is 0 Å². The molecular formula is C12H23N. The smallest absolute Gasteiger partial charge is 0.0132 e. The average molecular weight is 181 g/mol. The largest absolute Gasteiger partial charge is 0.293 e. The number of nitrogens with zero attached hydrogens (tertiary/aromatic N) is 1. The number of fused-ring (bicyclic) bond motifs is 1. The SMILES string of the molecule is CC1CC2CCCC2N1C(C)(C)C. The fraction of sp³-hybridized carbons (Fsp3) is 1.00. The van der Waals surface area contributed by atoms with Gasteiger partial charge < -0.3 is 0 Å². The van der Waals surface area contributed by atoms with Gasteiger partial charge >= 0.3 is 0 Å². The molecule has 2 fully saturated rings. The molecule has 1 saturated carbocycles. The van der Waals surface area contributed by atoms with Crippen molar-refractivity contribution in [3.8, 4) is 0 Å². The predicted octanol–water partition coefficient (Wildman–Crippen LogP) is 3.05. The Balaban J connectivity index is 2.17. The van der Waals surface area contributed by atoms with Gasteiger partial charge in [-0.15, -0.1) is 0 Å². The Morgan fingerprint density at radius 2 is 1.85 bits per heavy atom. The second-order valence-corrected chi connectivity index (χ2v) is 5.92. The molecule has 2 rings (SSSR count). The van der Waals surface area contributed by atoms with Gasteiger partial charge in [-0.25, -0.2) is 0 Å². The molecule has 1 aliphatic heterocycles. The van der Waals surface area contributed by atoms with E-state index in [1.165, 1.54) is 25.7 Å². The number of hydrogen-bond acceptors (Lipinski definition) is 1. The molecule has 1 heterocycles. The van der Waals surface area contributed by atoms with E-state index in [0.717, 1.165) is 18.0 Å². The lowest BCUT2D eigenvalue weighted by molar-refractivity contribution is 0.0796. The summed E-state index contributed by atoms with van der Waals surface area (Å²) in [4.78, 5) is 2.77. The summed E-state index contributed by atoms with van der Waals surface area (Å²) in [6.45, 7) is 9.50. The summed E-state index contributed by atoms with van der Waals surface area (Å²) in [7, 11) is 0. The first-order valence-corrected chi connectivity index (χ1v) is 5.78. The van der Waals surface area contributed by atoms with Gasteiger partial charge in [-0.3, -0.25) is 4.90 Å².